The first-order valence-electron chi connectivity index (χ1n) is 19.4. The van der Waals surface area contributed by atoms with Gasteiger partial charge in [0.05, 0.1) is 23.6 Å². The number of hydrogen-bond donors (Lipinski definition) is 3. The number of aromatic nitrogens is 5. The van der Waals surface area contributed by atoms with Gasteiger partial charge in [0.25, 0.3) is 0 Å². The molecule has 3 N–H and O–H groups in total. The normalized spacial score (nSPS) is 18.8. The molecular formula is C41H47F2N11O2. The Kier molecular flexibility index (Phi) is 10.6. The number of para-hydroxylation sites is 1. The second-order valence-corrected chi connectivity index (χ2v) is 15.2. The molecule has 0 radical (unpaired) electrons. The zero-order valence-corrected chi connectivity index (χ0v) is 31.9. The molecule has 1 atom stereocenters. The van der Waals surface area contributed by atoms with E-state index in [0.29, 0.717) is 41.6 Å². The Labute approximate surface area is 324 Å². The largest absolute Gasteiger partial charge is 0.373 e. The van der Waals surface area contributed by atoms with E-state index in [0.717, 1.165) is 81.8 Å². The molecule has 3 saturated heterocycles. The van der Waals surface area contributed by atoms with E-state index < -0.39 is 17.7 Å². The van der Waals surface area contributed by atoms with Crippen LogP contribution in [0.25, 0.3) is 22.3 Å². The highest BCUT2D eigenvalue weighted by Gasteiger charge is 2.30. The number of nitrogens with one attached hydrogen (secondary N) is 3. The van der Waals surface area contributed by atoms with E-state index in [1.165, 1.54) is 6.07 Å². The molecule has 2 amide bonds. The van der Waals surface area contributed by atoms with E-state index in [9.17, 15) is 9.59 Å². The van der Waals surface area contributed by atoms with Crippen molar-refractivity contribution in [1.82, 2.24) is 39.6 Å². The van der Waals surface area contributed by atoms with Gasteiger partial charge in [0, 0.05) is 75.6 Å². The molecule has 0 aliphatic carbocycles. The van der Waals surface area contributed by atoms with Crippen LogP contribution in [0.15, 0.2) is 60.9 Å². The maximum absolute atomic E-state index is 15.1. The molecule has 3 aliphatic rings. The third kappa shape index (κ3) is 7.91. The number of pyridine rings is 1. The fraction of sp³-hybridized carbons (Fsp3) is 0.415. The van der Waals surface area contributed by atoms with Crippen LogP contribution in [0.4, 0.5) is 31.9 Å². The fourth-order valence-electron chi connectivity index (χ4n) is 8.28. The van der Waals surface area contributed by atoms with Gasteiger partial charge in [0.15, 0.2) is 11.6 Å². The standard InChI is InChI=1S/C41H47F2N11O2/c1-25(2)54-26(3)46-39-31(42)20-28(21-35(39)54)38-32(43)23-45-41(50-38)48-36-10-8-30(22-44-36)52-14-12-29(13-15-52)53-18-16-51(17-19-53)24-27-6-4-5-7-33(27)47-34-9-11-37(55)49-40(34)56/h4-8,10,20-23,25,29,34,47H,9,11-19,24H2,1-3H3,(H,49,55,56)(H,44,45,48,50). The Hall–Kier alpha value is -5.54. The van der Waals surface area contributed by atoms with Gasteiger partial charge in [-0.05, 0) is 75.9 Å². The number of rotatable bonds is 10. The molecule has 292 valence electrons. The van der Waals surface area contributed by atoms with Crippen molar-refractivity contribution in [3.8, 4) is 11.3 Å². The molecule has 5 aromatic rings. The van der Waals surface area contributed by atoms with E-state index >= 15 is 8.78 Å². The van der Waals surface area contributed by atoms with Gasteiger partial charge in [-0.1, -0.05) is 18.2 Å². The van der Waals surface area contributed by atoms with E-state index in [2.05, 4.69) is 56.7 Å². The number of nitrogens with zero attached hydrogens (tertiary/aromatic N) is 8. The molecule has 6 heterocycles. The van der Waals surface area contributed by atoms with Gasteiger partial charge < -0.3 is 20.1 Å². The van der Waals surface area contributed by atoms with E-state index in [1.807, 2.05) is 61.9 Å². The van der Waals surface area contributed by atoms with E-state index in [1.54, 1.807) is 6.07 Å². The second kappa shape index (κ2) is 15.9. The van der Waals surface area contributed by atoms with Crippen molar-refractivity contribution in [1.29, 1.82) is 0 Å². The smallest absolute Gasteiger partial charge is 0.249 e. The van der Waals surface area contributed by atoms with Crippen molar-refractivity contribution in [2.75, 3.05) is 54.8 Å². The molecule has 1 unspecified atom stereocenters. The first kappa shape index (κ1) is 37.4. The molecule has 2 aromatic carbocycles. The molecule has 3 aromatic heterocycles. The number of imidazole rings is 1. The lowest BCUT2D eigenvalue weighted by atomic mass is 10.0. The first-order valence-corrected chi connectivity index (χ1v) is 19.4. The Morgan fingerprint density at radius 2 is 1.68 bits per heavy atom. The Morgan fingerprint density at radius 3 is 2.41 bits per heavy atom. The summed E-state index contributed by atoms with van der Waals surface area (Å²) in [4.78, 5) is 48.9. The van der Waals surface area contributed by atoms with Gasteiger partial charge in [-0.15, -0.1) is 0 Å². The maximum Gasteiger partial charge on any atom is 0.249 e. The highest BCUT2D eigenvalue weighted by atomic mass is 19.1. The zero-order valence-electron chi connectivity index (χ0n) is 31.9. The van der Waals surface area contributed by atoms with Gasteiger partial charge >= 0.3 is 0 Å². The summed E-state index contributed by atoms with van der Waals surface area (Å²) in [7, 11) is 0. The number of fused-ring (bicyclic) bond motifs is 1. The van der Waals surface area contributed by atoms with Crippen LogP contribution in [0.1, 0.15) is 57.0 Å². The number of carbonyl (C=O) groups excluding carboxylic acids is 2. The number of benzene rings is 2. The van der Waals surface area contributed by atoms with E-state index in [4.69, 9.17) is 0 Å². The number of amides is 2. The summed E-state index contributed by atoms with van der Waals surface area (Å²) in [5, 5.41) is 8.89. The topological polar surface area (TPSA) is 136 Å². The third-order valence-electron chi connectivity index (χ3n) is 11.2. The number of imide groups is 1. The highest BCUT2D eigenvalue weighted by molar-refractivity contribution is 6.01. The predicted molar refractivity (Wildman–Crippen MR) is 212 cm³/mol. The summed E-state index contributed by atoms with van der Waals surface area (Å²) in [6, 6.07) is 15.2. The number of aryl methyl sites for hydroxylation is 1. The number of piperidine rings is 2. The molecule has 8 rings (SSSR count). The molecule has 15 heteroatoms. The summed E-state index contributed by atoms with van der Waals surface area (Å²) >= 11 is 0. The minimum Gasteiger partial charge on any atom is -0.373 e. The van der Waals surface area contributed by atoms with Crippen LogP contribution in [-0.4, -0.2) is 97.5 Å². The van der Waals surface area contributed by atoms with Gasteiger partial charge in [0.1, 0.15) is 28.9 Å². The maximum atomic E-state index is 15.1. The lowest BCUT2D eigenvalue weighted by molar-refractivity contribution is -0.133. The zero-order chi connectivity index (χ0) is 38.9. The second-order valence-electron chi connectivity index (χ2n) is 15.2. The Balaban J connectivity index is 0.835. The summed E-state index contributed by atoms with van der Waals surface area (Å²) in [5.41, 5.74) is 4.25. The first-order chi connectivity index (χ1) is 27.1. The number of piperazine rings is 1. The van der Waals surface area contributed by atoms with E-state index in [-0.39, 0.29) is 35.0 Å². The molecule has 0 spiro atoms. The van der Waals surface area contributed by atoms with Crippen molar-refractivity contribution >= 4 is 46.0 Å². The molecule has 56 heavy (non-hydrogen) atoms. The number of carbonyl (C=O) groups is 2. The van der Waals surface area contributed by atoms with Gasteiger partial charge in [0.2, 0.25) is 17.8 Å². The van der Waals surface area contributed by atoms with Gasteiger partial charge in [-0.2, -0.15) is 0 Å². The van der Waals surface area contributed by atoms with Crippen LogP contribution in [0.5, 0.6) is 0 Å². The van der Waals surface area contributed by atoms with Crippen LogP contribution >= 0.6 is 0 Å². The van der Waals surface area contributed by atoms with Crippen molar-refractivity contribution in [3.63, 3.8) is 0 Å². The van der Waals surface area contributed by atoms with Gasteiger partial charge in [-0.3, -0.25) is 24.7 Å². The SMILES string of the molecule is Cc1nc2c(F)cc(-c3nc(Nc4ccc(N5CCC(N6CCN(Cc7ccccc7NC7CCC(=O)NC7=O)CC6)CC5)cn4)ncc3F)cc2n1C(C)C. The van der Waals surface area contributed by atoms with Crippen LogP contribution < -0.4 is 20.9 Å². The average Bonchev–Trinajstić information content (AvgIpc) is 3.54. The summed E-state index contributed by atoms with van der Waals surface area (Å²) in [5.74, 6) is -0.302. The summed E-state index contributed by atoms with van der Waals surface area (Å²) in [6.07, 6.45) is 5.89. The van der Waals surface area contributed by atoms with Crippen molar-refractivity contribution in [3.05, 3.63) is 83.9 Å². The predicted octanol–water partition coefficient (Wildman–Crippen LogP) is 5.80. The van der Waals surface area contributed by atoms with Crippen LogP contribution in [0.3, 0.4) is 0 Å². The molecule has 3 fully saturated rings. The number of anilines is 4. The summed E-state index contributed by atoms with van der Waals surface area (Å²) < 4.78 is 32.1. The monoisotopic (exact) mass is 763 g/mol. The molecular weight excluding hydrogens is 717 g/mol. The van der Waals surface area contributed by atoms with Crippen molar-refractivity contribution < 1.29 is 18.4 Å². The lowest BCUT2D eigenvalue weighted by Crippen LogP contribution is -2.53. The van der Waals surface area contributed by atoms with Crippen molar-refractivity contribution in [2.45, 2.75) is 71.1 Å². The quantitative estimate of drug-likeness (QED) is 0.149. The van der Waals surface area contributed by atoms with Crippen molar-refractivity contribution in [2.24, 2.45) is 0 Å². The van der Waals surface area contributed by atoms with Crippen LogP contribution in [0, 0.1) is 18.6 Å². The van der Waals surface area contributed by atoms with Crippen LogP contribution in [-0.2, 0) is 16.1 Å². The Morgan fingerprint density at radius 1 is 0.893 bits per heavy atom. The molecule has 0 bridgehead atoms. The average molecular weight is 764 g/mol. The molecule has 0 saturated carbocycles. The summed E-state index contributed by atoms with van der Waals surface area (Å²) in [6.45, 7) is 12.4. The van der Waals surface area contributed by atoms with Crippen LogP contribution in [0.2, 0.25) is 0 Å². The lowest BCUT2D eigenvalue weighted by Gasteiger charge is -2.43. The molecule has 3 aliphatic heterocycles. The highest BCUT2D eigenvalue weighted by Crippen LogP contribution is 2.31. The minimum absolute atomic E-state index is 0.0111. The Bertz CT molecular complexity index is 2230. The third-order valence-corrected chi connectivity index (χ3v) is 11.2. The number of hydrogen-bond acceptors (Lipinski definition) is 11. The molecule has 13 nitrogen and oxygen atoms in total. The fourth-order valence-corrected chi connectivity index (χ4v) is 8.28. The van der Waals surface area contributed by atoms with Gasteiger partial charge in [-0.25, -0.2) is 28.7 Å². The number of halogens is 2. The minimum atomic E-state index is -0.655.